The zero-order chi connectivity index (χ0) is 24.8. The van der Waals surface area contributed by atoms with E-state index in [1.807, 2.05) is 0 Å². The number of carbonyl (C=O) groups excluding carboxylic acids is 2. The molecule has 4 rings (SSSR count). The molecule has 2 aromatic carbocycles. The first-order chi connectivity index (χ1) is 16.0. The van der Waals surface area contributed by atoms with Gasteiger partial charge in [0, 0.05) is 27.8 Å². The van der Waals surface area contributed by atoms with Crippen molar-refractivity contribution in [3.63, 3.8) is 0 Å². The fraction of sp³-hybridized carbons (Fsp3) is 0.346. The van der Waals surface area contributed by atoms with Crippen LogP contribution >= 0.6 is 28.1 Å². The lowest BCUT2D eigenvalue weighted by atomic mass is 9.79. The molecule has 0 aliphatic carbocycles. The predicted octanol–water partition coefficient (Wildman–Crippen LogP) is 5.92. The molecule has 5 nitrogen and oxygen atoms in total. The van der Waals surface area contributed by atoms with Crippen LogP contribution in [-0.4, -0.2) is 29.0 Å². The van der Waals surface area contributed by atoms with Gasteiger partial charge in [0.1, 0.15) is 11.4 Å². The Morgan fingerprint density at radius 1 is 1.24 bits per heavy atom. The van der Waals surface area contributed by atoms with Crippen molar-refractivity contribution in [2.24, 2.45) is 0 Å². The summed E-state index contributed by atoms with van der Waals surface area (Å²) in [6, 6.07) is 10.3. The SMILES string of the molecule is CCCN1c2cc(F)c(/C=C3/C(=O)NC(=S)N(c4ccc(Br)cc4)C3=O)cc2C(C)CC1(C)C. The minimum Gasteiger partial charge on any atom is -0.366 e. The van der Waals surface area contributed by atoms with Gasteiger partial charge in [-0.2, -0.15) is 0 Å². The molecular formula is C26H27BrFN3O2S. The third kappa shape index (κ3) is 4.41. The van der Waals surface area contributed by atoms with Gasteiger partial charge in [0.2, 0.25) is 0 Å². The van der Waals surface area contributed by atoms with Gasteiger partial charge in [-0.15, -0.1) is 0 Å². The van der Waals surface area contributed by atoms with Crippen LogP contribution in [0, 0.1) is 5.82 Å². The van der Waals surface area contributed by atoms with Crippen LogP contribution < -0.4 is 15.1 Å². The van der Waals surface area contributed by atoms with Gasteiger partial charge in [-0.25, -0.2) is 4.39 Å². The quantitative estimate of drug-likeness (QED) is 0.295. The van der Waals surface area contributed by atoms with Crippen LogP contribution in [0.3, 0.4) is 0 Å². The lowest BCUT2D eigenvalue weighted by molar-refractivity contribution is -0.122. The van der Waals surface area contributed by atoms with Crippen molar-refractivity contribution in [1.29, 1.82) is 0 Å². The first-order valence-corrected chi connectivity index (χ1v) is 12.5. The van der Waals surface area contributed by atoms with E-state index in [0.29, 0.717) is 5.69 Å². The lowest BCUT2D eigenvalue weighted by Gasteiger charge is -2.47. The molecule has 1 saturated heterocycles. The molecule has 2 aliphatic rings. The first kappa shape index (κ1) is 24.5. The molecule has 2 heterocycles. The van der Waals surface area contributed by atoms with Crippen molar-refractivity contribution >= 4 is 62.5 Å². The molecule has 0 saturated carbocycles. The van der Waals surface area contributed by atoms with Crippen molar-refractivity contribution in [1.82, 2.24) is 5.32 Å². The van der Waals surface area contributed by atoms with Gasteiger partial charge in [0.25, 0.3) is 11.8 Å². The standard InChI is InChI=1S/C26H27BrFN3O2S/c1-5-10-30-22-13-21(28)16(11-19(22)15(2)14-26(30,3)4)12-20-23(32)29-25(34)31(24(20)33)18-8-6-17(27)7-9-18/h6-9,11-13,15H,5,10,14H2,1-4H3,(H,29,32,34)/b20-12-. The van der Waals surface area contributed by atoms with Gasteiger partial charge in [0.15, 0.2) is 5.11 Å². The van der Waals surface area contributed by atoms with Gasteiger partial charge in [-0.05, 0) is 92.9 Å². The molecule has 1 N–H and O–H groups in total. The maximum atomic E-state index is 15.4. The van der Waals surface area contributed by atoms with Crippen LogP contribution in [0.25, 0.3) is 6.08 Å². The third-order valence-corrected chi connectivity index (χ3v) is 7.25. The topological polar surface area (TPSA) is 52.7 Å². The Hall–Kier alpha value is -2.58. The number of benzene rings is 2. The normalized spacial score (nSPS) is 21.1. The van der Waals surface area contributed by atoms with Crippen LogP contribution in [0.4, 0.5) is 15.8 Å². The molecule has 34 heavy (non-hydrogen) atoms. The Morgan fingerprint density at radius 3 is 2.56 bits per heavy atom. The molecule has 0 radical (unpaired) electrons. The number of anilines is 2. The molecule has 1 unspecified atom stereocenters. The highest BCUT2D eigenvalue weighted by Gasteiger charge is 2.38. The monoisotopic (exact) mass is 543 g/mol. The second-order valence-electron chi connectivity index (χ2n) is 9.44. The molecule has 8 heteroatoms. The second kappa shape index (κ2) is 9.23. The number of nitrogens with zero attached hydrogens (tertiary/aromatic N) is 2. The Kier molecular flexibility index (Phi) is 6.66. The fourth-order valence-electron chi connectivity index (χ4n) is 4.92. The first-order valence-electron chi connectivity index (χ1n) is 11.3. The minimum atomic E-state index is -0.637. The number of halogens is 2. The van der Waals surface area contributed by atoms with E-state index in [1.165, 1.54) is 17.0 Å². The molecule has 0 spiro atoms. The number of thiocarbonyl (C=S) groups is 1. The van der Waals surface area contributed by atoms with Gasteiger partial charge >= 0.3 is 0 Å². The minimum absolute atomic E-state index is 0.00792. The van der Waals surface area contributed by atoms with E-state index in [9.17, 15) is 9.59 Å². The van der Waals surface area contributed by atoms with Gasteiger partial charge in [-0.3, -0.25) is 19.8 Å². The number of rotatable bonds is 4. The molecule has 0 bridgehead atoms. The van der Waals surface area contributed by atoms with E-state index in [1.54, 1.807) is 30.3 Å². The summed E-state index contributed by atoms with van der Waals surface area (Å²) < 4.78 is 16.2. The van der Waals surface area contributed by atoms with Gasteiger partial charge < -0.3 is 4.90 Å². The van der Waals surface area contributed by atoms with Crippen molar-refractivity contribution < 1.29 is 14.0 Å². The highest BCUT2D eigenvalue weighted by molar-refractivity contribution is 9.10. The Balaban J connectivity index is 1.77. The fourth-order valence-corrected chi connectivity index (χ4v) is 5.46. The highest BCUT2D eigenvalue weighted by atomic mass is 79.9. The van der Waals surface area contributed by atoms with Crippen LogP contribution in [-0.2, 0) is 9.59 Å². The van der Waals surface area contributed by atoms with Crippen LogP contribution in [0.5, 0.6) is 0 Å². The van der Waals surface area contributed by atoms with E-state index in [0.717, 1.165) is 35.1 Å². The molecule has 1 fully saturated rings. The second-order valence-corrected chi connectivity index (χ2v) is 10.7. The molecule has 1 atom stereocenters. The zero-order valence-electron chi connectivity index (χ0n) is 19.6. The van der Waals surface area contributed by atoms with E-state index in [-0.39, 0.29) is 27.7 Å². The summed E-state index contributed by atoms with van der Waals surface area (Å²) in [7, 11) is 0. The number of carbonyl (C=O) groups is 2. The molecular weight excluding hydrogens is 517 g/mol. The highest BCUT2D eigenvalue weighted by Crippen LogP contribution is 2.44. The van der Waals surface area contributed by atoms with Gasteiger partial charge in [0.05, 0.1) is 5.69 Å². The maximum Gasteiger partial charge on any atom is 0.270 e. The van der Waals surface area contributed by atoms with E-state index in [2.05, 4.69) is 53.8 Å². The summed E-state index contributed by atoms with van der Waals surface area (Å²) in [5, 5.41) is 2.55. The van der Waals surface area contributed by atoms with Crippen LogP contribution in [0.15, 0.2) is 46.4 Å². The molecule has 178 valence electrons. The lowest BCUT2D eigenvalue weighted by Crippen LogP contribution is -2.54. The largest absolute Gasteiger partial charge is 0.366 e. The average Bonchev–Trinajstić information content (AvgIpc) is 2.75. The van der Waals surface area contributed by atoms with Crippen molar-refractivity contribution in [2.75, 3.05) is 16.3 Å². The average molecular weight is 544 g/mol. The van der Waals surface area contributed by atoms with Gasteiger partial charge in [-0.1, -0.05) is 29.8 Å². The predicted molar refractivity (Wildman–Crippen MR) is 141 cm³/mol. The summed E-state index contributed by atoms with van der Waals surface area (Å²) in [4.78, 5) is 29.5. The van der Waals surface area contributed by atoms with E-state index < -0.39 is 17.6 Å². The summed E-state index contributed by atoms with van der Waals surface area (Å²) in [6.45, 7) is 9.43. The number of fused-ring (bicyclic) bond motifs is 1. The smallest absolute Gasteiger partial charge is 0.270 e. The van der Waals surface area contributed by atoms with Crippen molar-refractivity contribution in [3.8, 4) is 0 Å². The zero-order valence-corrected chi connectivity index (χ0v) is 22.0. The summed E-state index contributed by atoms with van der Waals surface area (Å²) in [6.07, 6.45) is 3.20. The number of amides is 2. The summed E-state index contributed by atoms with van der Waals surface area (Å²) in [5.74, 6) is -1.49. The number of nitrogens with one attached hydrogen (secondary N) is 1. The molecule has 0 aromatic heterocycles. The van der Waals surface area contributed by atoms with Crippen molar-refractivity contribution in [2.45, 2.75) is 52.0 Å². The summed E-state index contributed by atoms with van der Waals surface area (Å²) >= 11 is 8.62. The molecule has 2 aliphatic heterocycles. The van der Waals surface area contributed by atoms with E-state index >= 15 is 4.39 Å². The summed E-state index contributed by atoms with van der Waals surface area (Å²) in [5.41, 5.74) is 2.37. The molecule has 2 amide bonds. The third-order valence-electron chi connectivity index (χ3n) is 6.44. The van der Waals surface area contributed by atoms with E-state index in [4.69, 9.17) is 12.2 Å². The Labute approximate surface area is 213 Å². The van der Waals surface area contributed by atoms with Crippen LogP contribution in [0.1, 0.15) is 57.6 Å². The van der Waals surface area contributed by atoms with Crippen molar-refractivity contribution in [3.05, 3.63) is 63.4 Å². The number of hydrogen-bond acceptors (Lipinski definition) is 4. The number of hydrogen-bond donors (Lipinski definition) is 1. The molecule has 2 aromatic rings. The Bertz CT molecular complexity index is 1210. The Morgan fingerprint density at radius 2 is 1.91 bits per heavy atom. The van der Waals surface area contributed by atoms with Crippen LogP contribution in [0.2, 0.25) is 0 Å². The maximum absolute atomic E-state index is 15.4.